The average Bonchev–Trinajstić information content (AvgIpc) is 2.83. The summed E-state index contributed by atoms with van der Waals surface area (Å²) in [5.41, 5.74) is 2.78. The van der Waals surface area contributed by atoms with Crippen LogP contribution in [-0.4, -0.2) is 32.9 Å². The van der Waals surface area contributed by atoms with Crippen LogP contribution in [0.3, 0.4) is 0 Å². The van der Waals surface area contributed by atoms with Crippen LogP contribution in [0.1, 0.15) is 42.5 Å². The van der Waals surface area contributed by atoms with Gasteiger partial charge in [0.1, 0.15) is 0 Å². The van der Waals surface area contributed by atoms with Crippen molar-refractivity contribution in [2.45, 2.75) is 51.4 Å². The van der Waals surface area contributed by atoms with Crippen LogP contribution in [-0.2, 0) is 24.4 Å². The van der Waals surface area contributed by atoms with Crippen molar-refractivity contribution in [1.29, 1.82) is 0 Å². The number of pyridine rings is 2. The Morgan fingerprint density at radius 2 is 1.84 bits per heavy atom. The number of nitrogens with one attached hydrogen (secondary N) is 1. The lowest BCUT2D eigenvalue weighted by atomic mass is 9.98. The van der Waals surface area contributed by atoms with Gasteiger partial charge in [-0.15, -0.1) is 0 Å². The van der Waals surface area contributed by atoms with Crippen molar-refractivity contribution in [3.63, 3.8) is 0 Å². The van der Waals surface area contributed by atoms with E-state index >= 15 is 0 Å². The molecule has 1 amide bonds. The van der Waals surface area contributed by atoms with Crippen molar-refractivity contribution >= 4 is 5.91 Å². The first-order chi connectivity index (χ1) is 15.7. The van der Waals surface area contributed by atoms with E-state index in [4.69, 9.17) is 0 Å². The molecular weight excluding hydrogens is 400 g/mol. The zero-order chi connectivity index (χ0) is 22.2. The molecule has 3 heterocycles. The Labute approximate surface area is 188 Å². The van der Waals surface area contributed by atoms with Crippen LogP contribution in [0, 0.1) is 0 Å². The first kappa shape index (κ1) is 22.0. The summed E-state index contributed by atoms with van der Waals surface area (Å²) < 4.78 is 1.77. The van der Waals surface area contributed by atoms with Gasteiger partial charge >= 0.3 is 0 Å². The molecule has 0 saturated carbocycles. The van der Waals surface area contributed by atoms with Crippen molar-refractivity contribution in [1.82, 2.24) is 19.8 Å². The molecule has 0 aliphatic carbocycles. The van der Waals surface area contributed by atoms with Crippen molar-refractivity contribution in [2.24, 2.45) is 0 Å². The van der Waals surface area contributed by atoms with E-state index in [2.05, 4.69) is 15.2 Å². The van der Waals surface area contributed by atoms with Crippen LogP contribution in [0.15, 0.2) is 77.9 Å². The number of aromatic nitrogens is 2. The Kier molecular flexibility index (Phi) is 7.46. The third-order valence-corrected chi connectivity index (χ3v) is 6.03. The second kappa shape index (κ2) is 10.9. The van der Waals surface area contributed by atoms with Gasteiger partial charge in [-0.05, 0) is 43.1 Å². The fraction of sp³-hybridized carbons (Fsp3) is 0.346. The number of likely N-dealkylation sites (tertiary alicyclic amines) is 1. The highest BCUT2D eigenvalue weighted by Gasteiger charge is 2.25. The maximum absolute atomic E-state index is 13.1. The van der Waals surface area contributed by atoms with Crippen molar-refractivity contribution in [3.8, 4) is 0 Å². The van der Waals surface area contributed by atoms with E-state index in [1.807, 2.05) is 66.9 Å². The van der Waals surface area contributed by atoms with Crippen molar-refractivity contribution < 1.29 is 4.79 Å². The normalized spacial score (nSPS) is 16.6. The molecule has 1 fully saturated rings. The van der Waals surface area contributed by atoms with Gasteiger partial charge in [0.05, 0.1) is 18.8 Å². The van der Waals surface area contributed by atoms with Crippen LogP contribution in [0.2, 0.25) is 0 Å². The fourth-order valence-electron chi connectivity index (χ4n) is 4.31. The number of piperidine rings is 1. The molecule has 6 nitrogen and oxygen atoms in total. The first-order valence-corrected chi connectivity index (χ1v) is 11.3. The number of benzene rings is 1. The summed E-state index contributed by atoms with van der Waals surface area (Å²) in [6, 6.07) is 19.7. The smallest absolute Gasteiger partial charge is 0.255 e. The number of carbonyl (C=O) groups excluding carboxylic acids is 1. The second-order valence-corrected chi connectivity index (χ2v) is 8.37. The maximum Gasteiger partial charge on any atom is 0.255 e. The molecule has 0 spiro atoms. The largest absolute Gasteiger partial charge is 0.350 e. The number of hydrogen-bond donors (Lipinski definition) is 1. The molecule has 1 atom stereocenters. The number of amides is 1. The molecule has 6 heteroatoms. The number of hydrogen-bond acceptors (Lipinski definition) is 4. The summed E-state index contributed by atoms with van der Waals surface area (Å²) in [4.78, 5) is 32.2. The third-order valence-electron chi connectivity index (χ3n) is 6.03. The number of nitrogens with zero attached hydrogens (tertiary/aromatic N) is 3. The van der Waals surface area contributed by atoms with Gasteiger partial charge in [0.15, 0.2) is 0 Å². The second-order valence-electron chi connectivity index (χ2n) is 8.37. The first-order valence-electron chi connectivity index (χ1n) is 11.3. The van der Waals surface area contributed by atoms with Crippen molar-refractivity contribution in [3.05, 3.63) is 100 Å². The molecular formula is C26H30N4O2. The lowest BCUT2D eigenvalue weighted by molar-refractivity contribution is -0.122. The van der Waals surface area contributed by atoms with Gasteiger partial charge in [-0.3, -0.25) is 19.5 Å². The zero-order valence-corrected chi connectivity index (χ0v) is 18.3. The van der Waals surface area contributed by atoms with Gasteiger partial charge in [-0.1, -0.05) is 48.9 Å². The highest BCUT2D eigenvalue weighted by molar-refractivity contribution is 5.76. The average molecular weight is 431 g/mol. The Hall–Kier alpha value is -3.25. The Balaban J connectivity index is 1.39. The quantitative estimate of drug-likeness (QED) is 0.595. The van der Waals surface area contributed by atoms with E-state index in [1.54, 1.807) is 10.8 Å². The summed E-state index contributed by atoms with van der Waals surface area (Å²) in [6.45, 7) is 2.49. The topological polar surface area (TPSA) is 67.2 Å². The number of rotatable bonds is 8. The van der Waals surface area contributed by atoms with Crippen LogP contribution < -0.4 is 10.9 Å². The van der Waals surface area contributed by atoms with E-state index in [1.165, 1.54) is 0 Å². The number of carbonyl (C=O) groups is 1. The monoisotopic (exact) mass is 430 g/mol. The molecule has 166 valence electrons. The van der Waals surface area contributed by atoms with Crippen LogP contribution in [0.4, 0.5) is 0 Å². The minimum absolute atomic E-state index is 0.0297. The minimum atomic E-state index is 0.0297. The van der Waals surface area contributed by atoms with Crippen molar-refractivity contribution in [2.75, 3.05) is 6.54 Å². The van der Waals surface area contributed by atoms with E-state index in [0.29, 0.717) is 26.1 Å². The molecule has 0 bridgehead atoms. The van der Waals surface area contributed by atoms with E-state index < -0.39 is 0 Å². The molecule has 1 aliphatic heterocycles. The highest BCUT2D eigenvalue weighted by atomic mass is 16.1. The van der Waals surface area contributed by atoms with E-state index in [0.717, 1.165) is 42.6 Å². The Morgan fingerprint density at radius 3 is 2.66 bits per heavy atom. The molecule has 1 N–H and O–H groups in total. The summed E-state index contributed by atoms with van der Waals surface area (Å²) in [6.07, 6.45) is 7.20. The third kappa shape index (κ3) is 5.92. The maximum atomic E-state index is 13.1. The van der Waals surface area contributed by atoms with Gasteiger partial charge in [0, 0.05) is 37.0 Å². The van der Waals surface area contributed by atoms with Crippen LogP contribution in [0.25, 0.3) is 0 Å². The van der Waals surface area contributed by atoms with Gasteiger partial charge in [0.2, 0.25) is 5.91 Å². The SMILES string of the molecule is O=C(CC1CCCCN1Cc1cccn(Cc2ccccc2)c1=O)NCc1ccccn1. The summed E-state index contributed by atoms with van der Waals surface area (Å²) in [7, 11) is 0. The molecule has 1 aromatic carbocycles. The molecule has 32 heavy (non-hydrogen) atoms. The van der Waals surface area contributed by atoms with Crippen LogP contribution in [0.5, 0.6) is 0 Å². The summed E-state index contributed by atoms with van der Waals surface area (Å²) in [5, 5.41) is 2.98. The minimum Gasteiger partial charge on any atom is -0.350 e. The standard InChI is InChI=1S/C26H30N4O2/c31-25(28-18-23-12-4-6-14-27-23)17-24-13-5-7-15-29(24)20-22-11-8-16-30(26(22)32)19-21-9-2-1-3-10-21/h1-4,6,8-12,14,16,24H,5,7,13,15,17-20H2,(H,28,31). The lowest BCUT2D eigenvalue weighted by Crippen LogP contribution is -2.43. The van der Waals surface area contributed by atoms with Gasteiger partial charge in [-0.25, -0.2) is 0 Å². The van der Waals surface area contributed by atoms with E-state index in [-0.39, 0.29) is 17.5 Å². The predicted octanol–water partition coefficient (Wildman–Crippen LogP) is 3.35. The highest BCUT2D eigenvalue weighted by Crippen LogP contribution is 2.21. The summed E-state index contributed by atoms with van der Waals surface area (Å²) >= 11 is 0. The molecule has 0 radical (unpaired) electrons. The molecule has 2 aromatic heterocycles. The van der Waals surface area contributed by atoms with E-state index in [9.17, 15) is 9.59 Å². The molecule has 4 rings (SSSR count). The van der Waals surface area contributed by atoms with Gasteiger partial charge < -0.3 is 9.88 Å². The Bertz CT molecular complexity index is 1070. The van der Waals surface area contributed by atoms with Crippen LogP contribution >= 0.6 is 0 Å². The molecule has 1 unspecified atom stereocenters. The molecule has 1 saturated heterocycles. The summed E-state index contributed by atoms with van der Waals surface area (Å²) in [5.74, 6) is 0.0297. The van der Waals surface area contributed by atoms with Gasteiger partial charge in [0.25, 0.3) is 5.56 Å². The molecule has 3 aromatic rings. The predicted molar refractivity (Wildman–Crippen MR) is 125 cm³/mol. The fourth-order valence-corrected chi connectivity index (χ4v) is 4.31. The van der Waals surface area contributed by atoms with Gasteiger partial charge in [-0.2, -0.15) is 0 Å². The lowest BCUT2D eigenvalue weighted by Gasteiger charge is -2.35. The molecule has 1 aliphatic rings. The Morgan fingerprint density at radius 1 is 1.00 bits per heavy atom. The zero-order valence-electron chi connectivity index (χ0n) is 18.3.